The highest BCUT2D eigenvalue weighted by atomic mass is 79.9. The number of hydrogen-bond acceptors (Lipinski definition) is 2. The molecule has 4 heteroatoms. The summed E-state index contributed by atoms with van der Waals surface area (Å²) in [7, 11) is 0. The fraction of sp³-hybridized carbons (Fsp3) is 0.235. The lowest BCUT2D eigenvalue weighted by Crippen LogP contribution is -2.39. The Labute approximate surface area is 132 Å². The van der Waals surface area contributed by atoms with Gasteiger partial charge in [0.15, 0.2) is 0 Å². The van der Waals surface area contributed by atoms with Crippen molar-refractivity contribution in [3.05, 3.63) is 64.1 Å². The van der Waals surface area contributed by atoms with Gasteiger partial charge < -0.3 is 10.6 Å². The molecule has 0 saturated heterocycles. The summed E-state index contributed by atoms with van der Waals surface area (Å²) in [6.45, 7) is 2.00. The predicted molar refractivity (Wildman–Crippen MR) is 88.3 cm³/mol. The Balaban J connectivity index is 1.67. The van der Waals surface area contributed by atoms with Crippen molar-refractivity contribution >= 4 is 27.5 Å². The first-order valence-electron chi connectivity index (χ1n) is 7.04. The van der Waals surface area contributed by atoms with E-state index in [0.29, 0.717) is 0 Å². The molecule has 0 bridgehead atoms. The quantitative estimate of drug-likeness (QED) is 0.891. The van der Waals surface area contributed by atoms with Crippen LogP contribution in [0.15, 0.2) is 53.0 Å². The zero-order valence-electron chi connectivity index (χ0n) is 11.8. The zero-order valence-corrected chi connectivity index (χ0v) is 13.4. The zero-order chi connectivity index (χ0) is 14.8. The van der Waals surface area contributed by atoms with Crippen molar-refractivity contribution in [1.29, 1.82) is 0 Å². The van der Waals surface area contributed by atoms with Crippen molar-refractivity contribution in [3.63, 3.8) is 0 Å². The fourth-order valence-corrected chi connectivity index (χ4v) is 3.30. The maximum Gasteiger partial charge on any atom is 0.243 e. The van der Waals surface area contributed by atoms with Crippen LogP contribution in [0.25, 0.3) is 0 Å². The van der Waals surface area contributed by atoms with Gasteiger partial charge >= 0.3 is 0 Å². The van der Waals surface area contributed by atoms with E-state index in [1.807, 2.05) is 49.4 Å². The first kappa shape index (κ1) is 14.1. The Bertz CT molecular complexity index is 646. The third-order valence-electron chi connectivity index (χ3n) is 3.82. The number of nitrogens with one attached hydrogen (secondary N) is 2. The van der Waals surface area contributed by atoms with Crippen LogP contribution in [-0.2, 0) is 11.2 Å². The van der Waals surface area contributed by atoms with E-state index in [9.17, 15) is 4.79 Å². The van der Waals surface area contributed by atoms with E-state index in [-0.39, 0.29) is 18.0 Å². The molecule has 3 nitrogen and oxygen atoms in total. The molecule has 0 aromatic heterocycles. The summed E-state index contributed by atoms with van der Waals surface area (Å²) in [5, 5.41) is 6.36. The van der Waals surface area contributed by atoms with Crippen molar-refractivity contribution < 1.29 is 4.79 Å². The number of amides is 1. The van der Waals surface area contributed by atoms with Crippen LogP contribution < -0.4 is 10.6 Å². The van der Waals surface area contributed by atoms with Crippen molar-refractivity contribution in [1.82, 2.24) is 5.32 Å². The highest BCUT2D eigenvalue weighted by Gasteiger charge is 2.27. The molecule has 0 spiro atoms. The molecule has 0 aliphatic carbocycles. The molecule has 1 amide bonds. The van der Waals surface area contributed by atoms with Crippen LogP contribution in [0.2, 0.25) is 0 Å². The average molecular weight is 345 g/mol. The molecular formula is C17H17BrN2O. The molecule has 2 aromatic carbocycles. The highest BCUT2D eigenvalue weighted by molar-refractivity contribution is 9.10. The lowest BCUT2D eigenvalue weighted by atomic mass is 10.1. The monoisotopic (exact) mass is 344 g/mol. The molecule has 2 aromatic rings. The van der Waals surface area contributed by atoms with Gasteiger partial charge in [0.05, 0.1) is 6.04 Å². The Morgan fingerprint density at radius 3 is 2.71 bits per heavy atom. The van der Waals surface area contributed by atoms with Crippen LogP contribution in [0, 0.1) is 0 Å². The highest BCUT2D eigenvalue weighted by Crippen LogP contribution is 2.26. The van der Waals surface area contributed by atoms with Crippen molar-refractivity contribution in [3.8, 4) is 0 Å². The maximum absolute atomic E-state index is 12.4. The minimum Gasteiger partial charge on any atom is -0.373 e. The van der Waals surface area contributed by atoms with E-state index in [2.05, 4.69) is 32.6 Å². The first-order chi connectivity index (χ1) is 10.1. The van der Waals surface area contributed by atoms with Crippen LogP contribution in [0.5, 0.6) is 0 Å². The molecule has 21 heavy (non-hydrogen) atoms. The topological polar surface area (TPSA) is 41.1 Å². The molecule has 0 radical (unpaired) electrons. The second kappa shape index (κ2) is 5.90. The third-order valence-corrected chi connectivity index (χ3v) is 4.54. The minimum atomic E-state index is -0.188. The summed E-state index contributed by atoms with van der Waals surface area (Å²) in [6.07, 6.45) is 0.741. The molecule has 1 heterocycles. The van der Waals surface area contributed by atoms with Gasteiger partial charge in [-0.1, -0.05) is 52.3 Å². The predicted octanol–water partition coefficient (Wildman–Crippen LogP) is 3.66. The number of halogens is 1. The van der Waals surface area contributed by atoms with Crippen molar-refractivity contribution in [2.24, 2.45) is 0 Å². The van der Waals surface area contributed by atoms with E-state index in [4.69, 9.17) is 0 Å². The second-order valence-electron chi connectivity index (χ2n) is 5.31. The van der Waals surface area contributed by atoms with Gasteiger partial charge in [0.2, 0.25) is 5.91 Å². The normalized spacial score (nSPS) is 17.7. The maximum atomic E-state index is 12.4. The summed E-state index contributed by atoms with van der Waals surface area (Å²) < 4.78 is 1.01. The van der Waals surface area contributed by atoms with Crippen LogP contribution in [0.3, 0.4) is 0 Å². The van der Waals surface area contributed by atoms with Crippen LogP contribution in [0.4, 0.5) is 5.69 Å². The summed E-state index contributed by atoms with van der Waals surface area (Å²) in [5.74, 6) is 0.0365. The number of carbonyl (C=O) groups excluding carboxylic acids is 1. The van der Waals surface area contributed by atoms with E-state index in [1.165, 1.54) is 5.56 Å². The van der Waals surface area contributed by atoms with Gasteiger partial charge in [0.1, 0.15) is 6.04 Å². The van der Waals surface area contributed by atoms with Gasteiger partial charge in [-0.15, -0.1) is 0 Å². The van der Waals surface area contributed by atoms with Gasteiger partial charge in [-0.25, -0.2) is 0 Å². The number of anilines is 1. The van der Waals surface area contributed by atoms with Gasteiger partial charge in [0, 0.05) is 16.6 Å². The largest absolute Gasteiger partial charge is 0.373 e. The first-order valence-corrected chi connectivity index (χ1v) is 7.83. The fourth-order valence-electron chi connectivity index (χ4n) is 2.67. The molecule has 2 N–H and O–H groups in total. The molecule has 108 valence electrons. The average Bonchev–Trinajstić information content (AvgIpc) is 2.91. The summed E-state index contributed by atoms with van der Waals surface area (Å²) in [6, 6.07) is 15.8. The minimum absolute atomic E-state index is 0.0291. The molecule has 1 aliphatic heterocycles. The molecule has 3 rings (SSSR count). The Morgan fingerprint density at radius 2 is 1.95 bits per heavy atom. The smallest absolute Gasteiger partial charge is 0.243 e. The number of carbonyl (C=O) groups is 1. The van der Waals surface area contributed by atoms with Crippen molar-refractivity contribution in [2.75, 3.05) is 5.32 Å². The number of rotatable bonds is 3. The van der Waals surface area contributed by atoms with Crippen LogP contribution in [-0.4, -0.2) is 11.9 Å². The van der Waals surface area contributed by atoms with Crippen molar-refractivity contribution in [2.45, 2.75) is 25.4 Å². The van der Waals surface area contributed by atoms with Crippen LogP contribution in [0.1, 0.15) is 24.1 Å². The van der Waals surface area contributed by atoms with E-state index >= 15 is 0 Å². The molecule has 2 atom stereocenters. The van der Waals surface area contributed by atoms with E-state index in [0.717, 1.165) is 22.1 Å². The SMILES string of the molecule is C[C@@H](NC(=O)C1Cc2ccccc2N1)c1ccccc1Br. The van der Waals surface area contributed by atoms with Gasteiger partial charge in [0.25, 0.3) is 0 Å². The van der Waals surface area contributed by atoms with E-state index < -0.39 is 0 Å². The Morgan fingerprint density at radius 1 is 1.24 bits per heavy atom. The van der Waals surface area contributed by atoms with Gasteiger partial charge in [-0.3, -0.25) is 4.79 Å². The summed E-state index contributed by atoms with van der Waals surface area (Å²) in [5.41, 5.74) is 3.35. The summed E-state index contributed by atoms with van der Waals surface area (Å²) >= 11 is 3.53. The second-order valence-corrected chi connectivity index (χ2v) is 6.16. The molecule has 1 aliphatic rings. The molecule has 0 saturated carbocycles. The van der Waals surface area contributed by atoms with Crippen LogP contribution >= 0.6 is 15.9 Å². The third kappa shape index (κ3) is 2.95. The van der Waals surface area contributed by atoms with Gasteiger partial charge in [-0.2, -0.15) is 0 Å². The molecular weight excluding hydrogens is 328 g/mol. The number of para-hydroxylation sites is 1. The lowest BCUT2D eigenvalue weighted by molar-refractivity contribution is -0.122. The number of benzene rings is 2. The standard InChI is InChI=1S/C17H17BrN2O/c1-11(13-7-3-4-8-14(13)18)19-17(21)16-10-12-6-2-5-9-15(12)20-16/h2-9,11,16,20H,10H2,1H3,(H,19,21)/t11-,16?/m1/s1. The Kier molecular flexibility index (Phi) is 3.97. The number of fused-ring (bicyclic) bond motifs is 1. The van der Waals surface area contributed by atoms with Gasteiger partial charge in [-0.05, 0) is 30.2 Å². The summed E-state index contributed by atoms with van der Waals surface area (Å²) in [4.78, 5) is 12.4. The molecule has 0 fully saturated rings. The van der Waals surface area contributed by atoms with E-state index in [1.54, 1.807) is 0 Å². The molecule has 1 unspecified atom stereocenters. The number of hydrogen-bond donors (Lipinski definition) is 2. The Hall–Kier alpha value is -1.81. The lowest BCUT2D eigenvalue weighted by Gasteiger charge is -2.19.